The Hall–Kier alpha value is -1.72. The molecule has 2 rings (SSSR count). The molecular weight excluding hydrogens is 221 g/mol. The number of halogens is 3. The first-order valence-corrected chi connectivity index (χ1v) is 4.69. The number of rotatable bonds is 2. The van der Waals surface area contributed by atoms with Crippen molar-refractivity contribution in [1.29, 1.82) is 0 Å². The molecule has 0 radical (unpaired) electrons. The molecule has 0 bridgehead atoms. The van der Waals surface area contributed by atoms with E-state index >= 15 is 0 Å². The van der Waals surface area contributed by atoms with Gasteiger partial charge in [-0.2, -0.15) is 0 Å². The molecule has 6 heteroatoms. The van der Waals surface area contributed by atoms with Gasteiger partial charge in [0.2, 0.25) is 0 Å². The summed E-state index contributed by atoms with van der Waals surface area (Å²) in [5.74, 6) is 0.480. The van der Waals surface area contributed by atoms with Crippen LogP contribution in [0.5, 0.6) is 5.75 Å². The summed E-state index contributed by atoms with van der Waals surface area (Å²) >= 11 is 0. The summed E-state index contributed by atoms with van der Waals surface area (Å²) in [5, 5.41) is 3.03. The summed E-state index contributed by atoms with van der Waals surface area (Å²) in [6.45, 7) is 1.45. The van der Waals surface area contributed by atoms with Gasteiger partial charge in [-0.1, -0.05) is 0 Å². The van der Waals surface area contributed by atoms with Crippen LogP contribution in [0.2, 0.25) is 0 Å². The van der Waals surface area contributed by atoms with Crippen molar-refractivity contribution in [3.8, 4) is 5.75 Å². The minimum atomic E-state index is -4.65. The molecule has 1 N–H and O–H groups in total. The number of ether oxygens (including phenoxy) is 1. The summed E-state index contributed by atoms with van der Waals surface area (Å²) in [5.41, 5.74) is 0.757. The van der Waals surface area contributed by atoms with E-state index in [2.05, 4.69) is 15.0 Å². The third-order valence-electron chi connectivity index (χ3n) is 2.04. The first-order chi connectivity index (χ1) is 7.54. The fourth-order valence-corrected chi connectivity index (χ4v) is 1.41. The number of nitrogens with one attached hydrogen (secondary N) is 1. The van der Waals surface area contributed by atoms with Gasteiger partial charge in [0.15, 0.2) is 0 Å². The maximum atomic E-state index is 11.9. The number of nitrogens with zero attached hydrogens (tertiary/aromatic N) is 1. The molecule has 0 amide bonds. The largest absolute Gasteiger partial charge is 0.573 e. The second kappa shape index (κ2) is 4.03. The standard InChI is InChI=1S/C10H9F3N2O/c11-10(12,13)16-8-3-1-7(2-4-8)9-14-5-6-15-9/h1-4H,5-6H2,(H,14,15). The zero-order valence-electron chi connectivity index (χ0n) is 8.21. The van der Waals surface area contributed by atoms with Crippen LogP contribution in [0.4, 0.5) is 13.2 Å². The topological polar surface area (TPSA) is 33.6 Å². The number of hydrogen-bond acceptors (Lipinski definition) is 3. The molecule has 16 heavy (non-hydrogen) atoms. The Kier molecular flexibility index (Phi) is 2.72. The molecular formula is C10H9F3N2O. The van der Waals surface area contributed by atoms with Gasteiger partial charge in [0.05, 0.1) is 6.54 Å². The van der Waals surface area contributed by atoms with Crippen LogP contribution in [0.15, 0.2) is 29.3 Å². The minimum absolute atomic E-state index is 0.227. The van der Waals surface area contributed by atoms with E-state index < -0.39 is 6.36 Å². The maximum Gasteiger partial charge on any atom is 0.573 e. The molecule has 0 fully saturated rings. The van der Waals surface area contributed by atoms with Gasteiger partial charge in [0, 0.05) is 12.1 Å². The first-order valence-electron chi connectivity index (χ1n) is 4.69. The monoisotopic (exact) mass is 230 g/mol. The lowest BCUT2D eigenvalue weighted by molar-refractivity contribution is -0.274. The van der Waals surface area contributed by atoms with E-state index in [1.165, 1.54) is 24.3 Å². The van der Waals surface area contributed by atoms with Gasteiger partial charge >= 0.3 is 6.36 Å². The van der Waals surface area contributed by atoms with Crippen LogP contribution in [-0.4, -0.2) is 25.3 Å². The number of amidine groups is 1. The highest BCUT2D eigenvalue weighted by molar-refractivity contribution is 5.99. The average Bonchev–Trinajstić information content (AvgIpc) is 2.69. The molecule has 1 aliphatic rings. The van der Waals surface area contributed by atoms with E-state index in [4.69, 9.17) is 0 Å². The number of alkyl halides is 3. The maximum absolute atomic E-state index is 11.9. The van der Waals surface area contributed by atoms with Crippen molar-refractivity contribution in [3.63, 3.8) is 0 Å². The lowest BCUT2D eigenvalue weighted by atomic mass is 10.2. The molecule has 0 aliphatic carbocycles. The molecule has 1 aliphatic heterocycles. The van der Waals surface area contributed by atoms with Crippen molar-refractivity contribution >= 4 is 5.84 Å². The number of benzene rings is 1. The molecule has 0 aromatic heterocycles. The highest BCUT2D eigenvalue weighted by Crippen LogP contribution is 2.22. The summed E-state index contributed by atoms with van der Waals surface area (Å²) in [6.07, 6.45) is -4.65. The number of aliphatic imine (C=N–C) groups is 1. The van der Waals surface area contributed by atoms with Gasteiger partial charge in [0.1, 0.15) is 11.6 Å². The Morgan fingerprint density at radius 2 is 1.88 bits per heavy atom. The van der Waals surface area contributed by atoms with E-state index in [1.807, 2.05) is 0 Å². The highest BCUT2D eigenvalue weighted by Gasteiger charge is 2.31. The van der Waals surface area contributed by atoms with Crippen LogP contribution < -0.4 is 10.1 Å². The molecule has 0 saturated carbocycles. The zero-order chi connectivity index (χ0) is 11.6. The van der Waals surface area contributed by atoms with Crippen molar-refractivity contribution in [2.24, 2.45) is 4.99 Å². The summed E-state index contributed by atoms with van der Waals surface area (Å²) < 4.78 is 39.4. The Morgan fingerprint density at radius 1 is 1.19 bits per heavy atom. The summed E-state index contributed by atoms with van der Waals surface area (Å²) in [4.78, 5) is 4.15. The lowest BCUT2D eigenvalue weighted by Crippen LogP contribution is -2.20. The molecule has 86 valence electrons. The van der Waals surface area contributed by atoms with Gasteiger partial charge in [-0.3, -0.25) is 4.99 Å². The summed E-state index contributed by atoms with van der Waals surface area (Å²) in [6, 6.07) is 5.62. The van der Waals surface area contributed by atoms with Crippen LogP contribution in [0, 0.1) is 0 Å². The molecule has 3 nitrogen and oxygen atoms in total. The number of hydrogen-bond donors (Lipinski definition) is 1. The predicted octanol–water partition coefficient (Wildman–Crippen LogP) is 1.93. The van der Waals surface area contributed by atoms with E-state index in [0.717, 1.165) is 12.1 Å². The van der Waals surface area contributed by atoms with Crippen molar-refractivity contribution in [1.82, 2.24) is 5.32 Å². The van der Waals surface area contributed by atoms with E-state index in [0.29, 0.717) is 12.4 Å². The second-order valence-electron chi connectivity index (χ2n) is 3.23. The fourth-order valence-electron chi connectivity index (χ4n) is 1.41. The van der Waals surface area contributed by atoms with Gasteiger partial charge in [-0.05, 0) is 24.3 Å². The van der Waals surface area contributed by atoms with Crippen LogP contribution >= 0.6 is 0 Å². The van der Waals surface area contributed by atoms with Crippen molar-refractivity contribution in [2.75, 3.05) is 13.1 Å². The highest BCUT2D eigenvalue weighted by atomic mass is 19.4. The van der Waals surface area contributed by atoms with Gasteiger partial charge in [0.25, 0.3) is 0 Å². The predicted molar refractivity (Wildman–Crippen MR) is 52.5 cm³/mol. The molecule has 0 saturated heterocycles. The van der Waals surface area contributed by atoms with Crippen LogP contribution in [0.3, 0.4) is 0 Å². The fraction of sp³-hybridized carbons (Fsp3) is 0.300. The third-order valence-corrected chi connectivity index (χ3v) is 2.04. The Morgan fingerprint density at radius 3 is 2.38 bits per heavy atom. The third kappa shape index (κ3) is 2.65. The Bertz CT molecular complexity index is 398. The van der Waals surface area contributed by atoms with Crippen molar-refractivity contribution < 1.29 is 17.9 Å². The average molecular weight is 230 g/mol. The van der Waals surface area contributed by atoms with Crippen molar-refractivity contribution in [2.45, 2.75) is 6.36 Å². The van der Waals surface area contributed by atoms with E-state index in [9.17, 15) is 13.2 Å². The molecule has 1 aromatic carbocycles. The van der Waals surface area contributed by atoms with E-state index in [1.54, 1.807) is 0 Å². The van der Waals surface area contributed by atoms with Crippen LogP contribution in [0.1, 0.15) is 5.56 Å². The lowest BCUT2D eigenvalue weighted by Gasteiger charge is -2.09. The van der Waals surface area contributed by atoms with Crippen molar-refractivity contribution in [3.05, 3.63) is 29.8 Å². The zero-order valence-corrected chi connectivity index (χ0v) is 8.21. The van der Waals surface area contributed by atoms with E-state index in [-0.39, 0.29) is 5.75 Å². The van der Waals surface area contributed by atoms with Gasteiger partial charge in [-0.25, -0.2) is 0 Å². The van der Waals surface area contributed by atoms with Gasteiger partial charge < -0.3 is 10.1 Å². The molecule has 0 spiro atoms. The molecule has 1 aromatic rings. The minimum Gasteiger partial charge on any atom is -0.406 e. The molecule has 1 heterocycles. The Balaban J connectivity index is 2.10. The normalized spacial score (nSPS) is 15.6. The van der Waals surface area contributed by atoms with Gasteiger partial charge in [-0.15, -0.1) is 13.2 Å². The first kappa shape index (κ1) is 10.8. The smallest absolute Gasteiger partial charge is 0.406 e. The molecule has 0 atom stereocenters. The summed E-state index contributed by atoms with van der Waals surface area (Å²) in [7, 11) is 0. The quantitative estimate of drug-likeness (QED) is 0.842. The Labute approximate surface area is 89.9 Å². The van der Waals surface area contributed by atoms with Crippen LogP contribution in [-0.2, 0) is 0 Å². The second-order valence-corrected chi connectivity index (χ2v) is 3.23. The SMILES string of the molecule is FC(F)(F)Oc1ccc(C2=NCCN2)cc1. The molecule has 0 unspecified atom stereocenters. The van der Waals surface area contributed by atoms with Crippen LogP contribution in [0.25, 0.3) is 0 Å².